The fourth-order valence-corrected chi connectivity index (χ4v) is 3.50. The standard InChI is InChI=1S/C21H20O12/c22-6-15-17(28)18(29)19(30)21(33-15)32-14-5-9-10(24)3-8(23)4-13(9)31-20(14)7-1-11(25)16(27)12(26)2-7/h1-5,15,17-19,21-22,28-30H,6H2,(H4-,23,24,25,26,27)/p+1/t15?,17-,18?,19+,21-/m1/s1. The second-order valence-corrected chi connectivity index (χ2v) is 7.49. The second-order valence-electron chi connectivity index (χ2n) is 7.49. The SMILES string of the molecule is OCC1O[C@@H](Oc2cc3c(O)cc(O)cc3[o+]c2-c2cc(O)c(O)c(O)c2)[C@@H](O)C(O)[C@@H]1O. The van der Waals surface area contributed by atoms with Crippen LogP contribution in [0.1, 0.15) is 0 Å². The third-order valence-electron chi connectivity index (χ3n) is 5.24. The molecule has 2 aromatic carbocycles. The van der Waals surface area contributed by atoms with E-state index in [4.69, 9.17) is 13.9 Å². The number of aliphatic hydroxyl groups is 4. The summed E-state index contributed by atoms with van der Waals surface area (Å²) >= 11 is 0. The Bertz CT molecular complexity index is 1170. The lowest BCUT2D eigenvalue weighted by atomic mass is 9.99. The molecule has 0 spiro atoms. The molecule has 33 heavy (non-hydrogen) atoms. The van der Waals surface area contributed by atoms with Gasteiger partial charge in [-0.05, 0) is 0 Å². The number of phenols is 5. The van der Waals surface area contributed by atoms with Crippen LogP contribution in [0.4, 0.5) is 0 Å². The van der Waals surface area contributed by atoms with Crippen molar-refractivity contribution in [3.05, 3.63) is 30.3 Å². The van der Waals surface area contributed by atoms with Crippen LogP contribution in [0.25, 0.3) is 22.3 Å². The Kier molecular flexibility index (Phi) is 5.78. The van der Waals surface area contributed by atoms with Gasteiger partial charge in [0, 0.05) is 24.3 Å². The highest BCUT2D eigenvalue weighted by Crippen LogP contribution is 2.44. The molecule has 2 unspecified atom stereocenters. The molecule has 3 aromatic rings. The van der Waals surface area contributed by atoms with Crippen LogP contribution >= 0.6 is 0 Å². The topological polar surface area (TPSA) is 212 Å². The number of ether oxygens (including phenoxy) is 2. The van der Waals surface area contributed by atoms with Crippen LogP contribution < -0.4 is 4.74 Å². The van der Waals surface area contributed by atoms with Gasteiger partial charge in [0.05, 0.1) is 18.2 Å². The number of benzene rings is 2. The van der Waals surface area contributed by atoms with Crippen LogP contribution in [0.5, 0.6) is 34.5 Å². The third-order valence-corrected chi connectivity index (χ3v) is 5.24. The van der Waals surface area contributed by atoms with Gasteiger partial charge < -0.3 is 55.4 Å². The highest BCUT2D eigenvalue weighted by Gasteiger charge is 2.45. The zero-order chi connectivity index (χ0) is 24.0. The quantitative estimate of drug-likeness (QED) is 0.185. The van der Waals surface area contributed by atoms with Crippen LogP contribution in [0, 0.1) is 0 Å². The van der Waals surface area contributed by atoms with E-state index in [1.165, 1.54) is 12.1 Å². The zero-order valence-electron chi connectivity index (χ0n) is 16.7. The van der Waals surface area contributed by atoms with Gasteiger partial charge in [-0.1, -0.05) is 0 Å². The van der Waals surface area contributed by atoms with Crippen LogP contribution in [0.2, 0.25) is 0 Å². The van der Waals surface area contributed by atoms with Crippen molar-refractivity contribution in [1.82, 2.24) is 0 Å². The van der Waals surface area contributed by atoms with E-state index >= 15 is 0 Å². The Morgan fingerprint density at radius 3 is 2.12 bits per heavy atom. The largest absolute Gasteiger partial charge is 0.507 e. The van der Waals surface area contributed by atoms with Gasteiger partial charge in [-0.25, -0.2) is 4.42 Å². The minimum atomic E-state index is -1.76. The first kappa shape index (κ1) is 22.6. The van der Waals surface area contributed by atoms with Crippen LogP contribution in [-0.2, 0) is 4.74 Å². The Morgan fingerprint density at radius 1 is 0.818 bits per heavy atom. The monoisotopic (exact) mass is 465 g/mol. The van der Waals surface area contributed by atoms with Crippen LogP contribution in [-0.4, -0.2) is 83.3 Å². The predicted octanol–water partition coefficient (Wildman–Crippen LogP) is 0.0876. The van der Waals surface area contributed by atoms with Gasteiger partial charge in [0.1, 0.15) is 41.3 Å². The number of rotatable bonds is 4. The number of aliphatic hydroxyl groups excluding tert-OH is 4. The van der Waals surface area contributed by atoms with Gasteiger partial charge in [0.25, 0.3) is 0 Å². The van der Waals surface area contributed by atoms with Crippen molar-refractivity contribution in [3.63, 3.8) is 0 Å². The number of hydrogen-bond acceptors (Lipinski definition) is 11. The molecule has 12 heteroatoms. The molecule has 2 heterocycles. The highest BCUT2D eigenvalue weighted by molar-refractivity contribution is 5.88. The number of phenolic OH excluding ortho intramolecular Hbond substituents is 5. The Labute approximate surface area is 185 Å². The average Bonchev–Trinajstić information content (AvgIpc) is 2.77. The molecule has 1 aliphatic rings. The summed E-state index contributed by atoms with van der Waals surface area (Å²) in [6.45, 7) is -0.695. The first-order valence-corrected chi connectivity index (χ1v) is 9.66. The average molecular weight is 465 g/mol. The van der Waals surface area contributed by atoms with E-state index in [2.05, 4.69) is 0 Å². The van der Waals surface area contributed by atoms with E-state index in [0.29, 0.717) is 0 Å². The van der Waals surface area contributed by atoms with Gasteiger partial charge in [-0.2, -0.15) is 0 Å². The van der Waals surface area contributed by atoms with Crippen molar-refractivity contribution < 1.29 is 59.8 Å². The Morgan fingerprint density at radius 2 is 1.48 bits per heavy atom. The minimum Gasteiger partial charge on any atom is -0.507 e. The molecule has 12 nitrogen and oxygen atoms in total. The van der Waals surface area contributed by atoms with Crippen molar-refractivity contribution in [1.29, 1.82) is 0 Å². The van der Waals surface area contributed by atoms with Gasteiger partial charge >= 0.3 is 11.3 Å². The van der Waals surface area contributed by atoms with Gasteiger partial charge in [0.15, 0.2) is 17.2 Å². The third kappa shape index (κ3) is 4.01. The molecule has 1 saturated heterocycles. The molecule has 0 saturated carbocycles. The molecule has 9 N–H and O–H groups in total. The van der Waals surface area contributed by atoms with E-state index in [0.717, 1.165) is 18.2 Å². The van der Waals surface area contributed by atoms with Gasteiger partial charge in [0.2, 0.25) is 12.0 Å². The summed E-state index contributed by atoms with van der Waals surface area (Å²) in [6.07, 6.45) is -7.99. The predicted molar refractivity (Wildman–Crippen MR) is 109 cm³/mol. The normalized spacial score (nSPS) is 25.3. The van der Waals surface area contributed by atoms with E-state index in [1.54, 1.807) is 0 Å². The summed E-state index contributed by atoms with van der Waals surface area (Å²) in [5.41, 5.74) is -0.0529. The van der Waals surface area contributed by atoms with Crippen molar-refractivity contribution in [2.24, 2.45) is 0 Å². The van der Waals surface area contributed by atoms with Crippen molar-refractivity contribution in [2.75, 3.05) is 6.61 Å². The van der Waals surface area contributed by atoms with E-state index in [1.807, 2.05) is 0 Å². The van der Waals surface area contributed by atoms with E-state index in [9.17, 15) is 46.0 Å². The van der Waals surface area contributed by atoms with E-state index < -0.39 is 60.3 Å². The Hall–Kier alpha value is -3.55. The number of fused-ring (bicyclic) bond motifs is 1. The number of hydrogen-bond donors (Lipinski definition) is 9. The lowest BCUT2D eigenvalue weighted by molar-refractivity contribution is -0.277. The molecular weight excluding hydrogens is 444 g/mol. The molecule has 0 radical (unpaired) electrons. The maximum atomic E-state index is 10.3. The van der Waals surface area contributed by atoms with Gasteiger partial charge in [-0.15, -0.1) is 0 Å². The summed E-state index contributed by atoms with van der Waals surface area (Å²) < 4.78 is 16.7. The molecule has 1 aromatic heterocycles. The summed E-state index contributed by atoms with van der Waals surface area (Å²) in [5, 5.41) is 89.2. The van der Waals surface area contributed by atoms with Crippen molar-refractivity contribution in [2.45, 2.75) is 30.7 Å². The summed E-state index contributed by atoms with van der Waals surface area (Å²) in [7, 11) is 0. The van der Waals surface area contributed by atoms with Gasteiger partial charge in [-0.3, -0.25) is 0 Å². The van der Waals surface area contributed by atoms with Crippen LogP contribution in [0.15, 0.2) is 34.7 Å². The molecule has 1 fully saturated rings. The Balaban J connectivity index is 1.86. The second kappa shape index (κ2) is 8.42. The minimum absolute atomic E-state index is 0.0212. The fraction of sp³-hybridized carbons (Fsp3) is 0.286. The van der Waals surface area contributed by atoms with Crippen LogP contribution in [0.3, 0.4) is 0 Å². The lowest BCUT2D eigenvalue weighted by Crippen LogP contribution is -2.60. The molecule has 5 atom stereocenters. The molecule has 4 rings (SSSR count). The maximum absolute atomic E-state index is 10.3. The summed E-state index contributed by atoms with van der Waals surface area (Å²) in [6, 6.07) is 5.51. The molecule has 1 aliphatic heterocycles. The molecular formula is C21H21O12+. The summed E-state index contributed by atoms with van der Waals surface area (Å²) in [5.74, 6) is -3.32. The first-order chi connectivity index (χ1) is 15.6. The molecule has 0 amide bonds. The molecule has 0 bridgehead atoms. The zero-order valence-corrected chi connectivity index (χ0v) is 16.7. The lowest BCUT2D eigenvalue weighted by Gasteiger charge is -2.39. The maximum Gasteiger partial charge on any atom is 0.402 e. The van der Waals surface area contributed by atoms with E-state index in [-0.39, 0.29) is 33.8 Å². The van der Waals surface area contributed by atoms with Crippen molar-refractivity contribution in [3.8, 4) is 45.8 Å². The summed E-state index contributed by atoms with van der Waals surface area (Å²) in [4.78, 5) is 0. The highest BCUT2D eigenvalue weighted by atomic mass is 16.7. The van der Waals surface area contributed by atoms with Crippen molar-refractivity contribution >= 4 is 11.0 Å². The first-order valence-electron chi connectivity index (χ1n) is 9.66. The molecule has 0 aliphatic carbocycles. The molecule has 176 valence electrons. The smallest absolute Gasteiger partial charge is 0.402 e. The number of aromatic hydroxyl groups is 5. The fourth-order valence-electron chi connectivity index (χ4n) is 3.50.